The summed E-state index contributed by atoms with van der Waals surface area (Å²) in [7, 11) is 0. The lowest BCUT2D eigenvalue weighted by Gasteiger charge is -2.28. The van der Waals surface area contributed by atoms with Crippen LogP contribution in [0.1, 0.15) is 53.9 Å². The Labute approximate surface area is 87.7 Å². The average Bonchev–Trinajstić information content (AvgIpc) is 2.19. The third kappa shape index (κ3) is 2.71. The van der Waals surface area contributed by atoms with Crippen LogP contribution in [0.2, 0.25) is 0 Å². The molecule has 2 heteroatoms. The van der Waals surface area contributed by atoms with E-state index in [9.17, 15) is 5.11 Å². The zero-order chi connectivity index (χ0) is 11.0. The Bertz CT molecular complexity index is 196. The molecule has 1 rings (SSSR count). The van der Waals surface area contributed by atoms with E-state index >= 15 is 0 Å². The fourth-order valence-electron chi connectivity index (χ4n) is 2.54. The normalized spacial score (nSPS) is 31.7. The van der Waals surface area contributed by atoms with Gasteiger partial charge in [0.05, 0.1) is 17.3 Å². The summed E-state index contributed by atoms with van der Waals surface area (Å²) in [5.74, 6) is 0.479. The van der Waals surface area contributed by atoms with Crippen molar-refractivity contribution in [3.05, 3.63) is 0 Å². The smallest absolute Gasteiger partial charge is 0.0663 e. The molecule has 0 radical (unpaired) electrons. The molecule has 1 N–H and O–H groups in total. The zero-order valence-corrected chi connectivity index (χ0v) is 10.1. The second kappa shape index (κ2) is 3.82. The summed E-state index contributed by atoms with van der Waals surface area (Å²) >= 11 is 0. The first kappa shape index (κ1) is 12.0. The van der Waals surface area contributed by atoms with E-state index in [0.717, 1.165) is 19.3 Å². The molecule has 0 amide bonds. The Morgan fingerprint density at radius 2 is 1.93 bits per heavy atom. The maximum atomic E-state index is 9.67. The van der Waals surface area contributed by atoms with Crippen molar-refractivity contribution < 1.29 is 9.84 Å². The standard InChI is InChI=1S/C12H24O2/c1-6-10(13)7-9-8-11(2,3)14-12(9,4)5/h9-10,13H,6-8H2,1-5H3. The van der Waals surface area contributed by atoms with Crippen LogP contribution in [0.5, 0.6) is 0 Å². The Balaban J connectivity index is 2.61. The minimum Gasteiger partial charge on any atom is -0.393 e. The quantitative estimate of drug-likeness (QED) is 0.759. The summed E-state index contributed by atoms with van der Waals surface area (Å²) in [6, 6.07) is 0. The van der Waals surface area contributed by atoms with Gasteiger partial charge in [0, 0.05) is 0 Å². The lowest BCUT2D eigenvalue weighted by molar-refractivity contribution is -0.0782. The van der Waals surface area contributed by atoms with Gasteiger partial charge in [-0.05, 0) is 52.9 Å². The highest BCUT2D eigenvalue weighted by molar-refractivity contribution is 4.94. The van der Waals surface area contributed by atoms with E-state index in [0.29, 0.717) is 5.92 Å². The second-order valence-corrected chi connectivity index (χ2v) is 5.66. The number of aliphatic hydroxyl groups excluding tert-OH is 1. The average molecular weight is 200 g/mol. The molecule has 2 unspecified atom stereocenters. The Morgan fingerprint density at radius 1 is 1.36 bits per heavy atom. The van der Waals surface area contributed by atoms with Gasteiger partial charge in [0.25, 0.3) is 0 Å². The fraction of sp³-hybridized carbons (Fsp3) is 1.00. The summed E-state index contributed by atoms with van der Waals surface area (Å²) in [5, 5.41) is 9.67. The number of hydrogen-bond acceptors (Lipinski definition) is 2. The summed E-state index contributed by atoms with van der Waals surface area (Å²) in [5.41, 5.74) is -0.110. The Kier molecular flexibility index (Phi) is 3.27. The molecule has 0 spiro atoms. The lowest BCUT2D eigenvalue weighted by atomic mass is 9.83. The van der Waals surface area contributed by atoms with Gasteiger partial charge >= 0.3 is 0 Å². The molecule has 0 saturated carbocycles. The number of aliphatic hydroxyl groups is 1. The maximum absolute atomic E-state index is 9.67. The highest BCUT2D eigenvalue weighted by atomic mass is 16.5. The van der Waals surface area contributed by atoms with E-state index in [-0.39, 0.29) is 17.3 Å². The molecule has 0 aromatic carbocycles. The third-order valence-corrected chi connectivity index (χ3v) is 3.29. The monoisotopic (exact) mass is 200 g/mol. The van der Waals surface area contributed by atoms with Crippen LogP contribution >= 0.6 is 0 Å². The first-order valence-electron chi connectivity index (χ1n) is 5.65. The van der Waals surface area contributed by atoms with Gasteiger partial charge in [-0.2, -0.15) is 0 Å². The molecule has 0 aliphatic carbocycles. The summed E-state index contributed by atoms with van der Waals surface area (Å²) < 4.78 is 5.98. The number of rotatable bonds is 3. The van der Waals surface area contributed by atoms with E-state index < -0.39 is 0 Å². The first-order chi connectivity index (χ1) is 6.27. The third-order valence-electron chi connectivity index (χ3n) is 3.29. The van der Waals surface area contributed by atoms with Crippen LogP contribution in [-0.4, -0.2) is 22.4 Å². The van der Waals surface area contributed by atoms with Crippen molar-refractivity contribution in [2.24, 2.45) is 5.92 Å². The van der Waals surface area contributed by atoms with Crippen LogP contribution in [0.15, 0.2) is 0 Å². The van der Waals surface area contributed by atoms with Crippen molar-refractivity contribution in [1.29, 1.82) is 0 Å². The number of hydrogen-bond donors (Lipinski definition) is 1. The second-order valence-electron chi connectivity index (χ2n) is 5.66. The Hall–Kier alpha value is -0.0800. The molecule has 1 saturated heterocycles. The Morgan fingerprint density at radius 3 is 2.29 bits per heavy atom. The topological polar surface area (TPSA) is 29.5 Å². The van der Waals surface area contributed by atoms with E-state index in [1.807, 2.05) is 6.92 Å². The molecule has 0 aromatic heterocycles. The molecule has 1 aliphatic rings. The van der Waals surface area contributed by atoms with E-state index in [2.05, 4.69) is 27.7 Å². The van der Waals surface area contributed by atoms with Crippen LogP contribution in [0.3, 0.4) is 0 Å². The number of ether oxygens (including phenoxy) is 1. The van der Waals surface area contributed by atoms with Gasteiger partial charge in [0.2, 0.25) is 0 Å². The summed E-state index contributed by atoms with van der Waals surface area (Å²) in [4.78, 5) is 0. The highest BCUT2D eigenvalue weighted by Crippen LogP contribution is 2.44. The summed E-state index contributed by atoms with van der Waals surface area (Å²) in [6.45, 7) is 10.6. The van der Waals surface area contributed by atoms with Crippen LogP contribution < -0.4 is 0 Å². The van der Waals surface area contributed by atoms with Gasteiger partial charge < -0.3 is 9.84 Å². The first-order valence-corrected chi connectivity index (χ1v) is 5.65. The van der Waals surface area contributed by atoms with Gasteiger partial charge in [-0.15, -0.1) is 0 Å². The minimum absolute atomic E-state index is 0.0262. The van der Waals surface area contributed by atoms with E-state index in [1.54, 1.807) is 0 Å². The van der Waals surface area contributed by atoms with Crippen LogP contribution in [0.25, 0.3) is 0 Å². The molecule has 1 fully saturated rings. The van der Waals surface area contributed by atoms with Crippen molar-refractivity contribution in [2.75, 3.05) is 0 Å². The largest absolute Gasteiger partial charge is 0.393 e. The van der Waals surface area contributed by atoms with Crippen molar-refractivity contribution in [1.82, 2.24) is 0 Å². The predicted molar refractivity (Wildman–Crippen MR) is 58.3 cm³/mol. The molecular weight excluding hydrogens is 176 g/mol. The van der Waals surface area contributed by atoms with Crippen molar-refractivity contribution in [2.45, 2.75) is 71.2 Å². The maximum Gasteiger partial charge on any atom is 0.0663 e. The molecule has 84 valence electrons. The van der Waals surface area contributed by atoms with Crippen LogP contribution in [0, 0.1) is 5.92 Å². The van der Waals surface area contributed by atoms with Crippen LogP contribution in [0.4, 0.5) is 0 Å². The molecule has 2 nitrogen and oxygen atoms in total. The molecule has 0 aromatic rings. The fourth-order valence-corrected chi connectivity index (χ4v) is 2.54. The molecule has 1 heterocycles. The molecule has 14 heavy (non-hydrogen) atoms. The van der Waals surface area contributed by atoms with E-state index in [1.165, 1.54) is 0 Å². The van der Waals surface area contributed by atoms with Crippen LogP contribution in [-0.2, 0) is 4.74 Å². The van der Waals surface area contributed by atoms with Crippen molar-refractivity contribution >= 4 is 0 Å². The van der Waals surface area contributed by atoms with Gasteiger partial charge in [-0.3, -0.25) is 0 Å². The predicted octanol–water partition coefficient (Wildman–Crippen LogP) is 2.74. The van der Waals surface area contributed by atoms with E-state index in [4.69, 9.17) is 4.74 Å². The summed E-state index contributed by atoms with van der Waals surface area (Å²) in [6.07, 6.45) is 2.59. The minimum atomic E-state index is -0.170. The lowest BCUT2D eigenvalue weighted by Crippen LogP contribution is -2.31. The SMILES string of the molecule is CCC(O)CC1CC(C)(C)OC1(C)C. The van der Waals surface area contributed by atoms with Gasteiger partial charge in [-0.25, -0.2) is 0 Å². The highest BCUT2D eigenvalue weighted by Gasteiger charge is 2.45. The zero-order valence-electron chi connectivity index (χ0n) is 10.1. The molecule has 2 atom stereocenters. The van der Waals surface area contributed by atoms with Crippen molar-refractivity contribution in [3.63, 3.8) is 0 Å². The van der Waals surface area contributed by atoms with Gasteiger partial charge in [0.1, 0.15) is 0 Å². The van der Waals surface area contributed by atoms with Gasteiger partial charge in [-0.1, -0.05) is 6.92 Å². The molecular formula is C12H24O2. The molecule has 0 bridgehead atoms. The van der Waals surface area contributed by atoms with Crippen molar-refractivity contribution in [3.8, 4) is 0 Å². The van der Waals surface area contributed by atoms with Gasteiger partial charge in [0.15, 0.2) is 0 Å². The molecule has 1 aliphatic heterocycles.